The average molecular weight is 310 g/mol. The van der Waals surface area contributed by atoms with Crippen LogP contribution in [-0.2, 0) is 6.54 Å². The Morgan fingerprint density at radius 1 is 1.47 bits per heavy atom. The fourth-order valence-corrected chi connectivity index (χ4v) is 2.11. The molecule has 3 nitrogen and oxygen atoms in total. The molecule has 0 saturated heterocycles. The molecular weight excluding hydrogens is 296 g/mol. The number of aryl methyl sites for hydroxylation is 1. The SMILES string of the molecule is Cc1cc(Br)cc(CNCCO)c1OC(F)F. The molecule has 1 aromatic carbocycles. The Hall–Kier alpha value is -0.720. The van der Waals surface area contributed by atoms with Gasteiger partial charge < -0.3 is 15.2 Å². The number of halogens is 3. The van der Waals surface area contributed by atoms with Crippen molar-refractivity contribution in [2.75, 3.05) is 13.2 Å². The molecule has 0 atom stereocenters. The molecule has 2 N–H and O–H groups in total. The number of hydrogen-bond acceptors (Lipinski definition) is 3. The first kappa shape index (κ1) is 14.3. The summed E-state index contributed by atoms with van der Waals surface area (Å²) >= 11 is 3.30. The molecule has 17 heavy (non-hydrogen) atoms. The lowest BCUT2D eigenvalue weighted by atomic mass is 10.1. The van der Waals surface area contributed by atoms with Crippen LogP contribution < -0.4 is 10.1 Å². The number of alkyl halides is 2. The summed E-state index contributed by atoms with van der Waals surface area (Å²) in [7, 11) is 0. The molecular formula is C11H14BrF2NO2. The molecule has 1 aromatic rings. The van der Waals surface area contributed by atoms with Crippen molar-refractivity contribution in [2.45, 2.75) is 20.1 Å². The molecule has 6 heteroatoms. The van der Waals surface area contributed by atoms with Gasteiger partial charge in [0.15, 0.2) is 0 Å². The predicted octanol–water partition coefficient (Wildman–Crippen LogP) is 2.44. The molecule has 0 fully saturated rings. The average Bonchev–Trinajstić information content (AvgIpc) is 2.23. The summed E-state index contributed by atoms with van der Waals surface area (Å²) in [6.45, 7) is -0.370. The number of ether oxygens (including phenoxy) is 1. The van der Waals surface area contributed by atoms with E-state index in [0.29, 0.717) is 24.2 Å². The van der Waals surface area contributed by atoms with E-state index in [9.17, 15) is 8.78 Å². The molecule has 0 unspecified atom stereocenters. The van der Waals surface area contributed by atoms with Crippen molar-refractivity contribution in [2.24, 2.45) is 0 Å². The maximum absolute atomic E-state index is 12.3. The van der Waals surface area contributed by atoms with Crippen LogP contribution >= 0.6 is 15.9 Å². The molecule has 0 aromatic heterocycles. The molecule has 0 radical (unpaired) electrons. The van der Waals surface area contributed by atoms with Gasteiger partial charge in [-0.3, -0.25) is 0 Å². The summed E-state index contributed by atoms with van der Waals surface area (Å²) in [6, 6.07) is 3.43. The van der Waals surface area contributed by atoms with E-state index in [1.165, 1.54) is 0 Å². The first-order chi connectivity index (χ1) is 8.04. The van der Waals surface area contributed by atoms with Crippen LogP contribution in [0.15, 0.2) is 16.6 Å². The van der Waals surface area contributed by atoms with Gasteiger partial charge in [-0.15, -0.1) is 0 Å². The van der Waals surface area contributed by atoms with E-state index in [1.807, 2.05) is 0 Å². The van der Waals surface area contributed by atoms with E-state index < -0.39 is 6.61 Å². The first-order valence-corrected chi connectivity index (χ1v) is 5.89. The van der Waals surface area contributed by atoms with Gasteiger partial charge in [-0.25, -0.2) is 0 Å². The molecule has 1 rings (SSSR count). The fourth-order valence-electron chi connectivity index (χ4n) is 1.49. The van der Waals surface area contributed by atoms with Gasteiger partial charge in [0.2, 0.25) is 0 Å². The summed E-state index contributed by atoms with van der Waals surface area (Å²) < 4.78 is 29.9. The monoisotopic (exact) mass is 309 g/mol. The van der Waals surface area contributed by atoms with Crippen molar-refractivity contribution < 1.29 is 18.6 Å². The van der Waals surface area contributed by atoms with E-state index in [1.54, 1.807) is 19.1 Å². The Kier molecular flexibility index (Phi) is 5.80. The molecule has 0 bridgehead atoms. The predicted molar refractivity (Wildman–Crippen MR) is 64.3 cm³/mol. The maximum atomic E-state index is 12.3. The molecule has 0 saturated carbocycles. The Labute approximate surface area is 107 Å². The van der Waals surface area contributed by atoms with Gasteiger partial charge in [0.05, 0.1) is 6.61 Å². The van der Waals surface area contributed by atoms with Gasteiger partial charge in [0.1, 0.15) is 5.75 Å². The van der Waals surface area contributed by atoms with Crippen LogP contribution in [0.3, 0.4) is 0 Å². The second kappa shape index (κ2) is 6.88. The Morgan fingerprint density at radius 3 is 2.76 bits per heavy atom. The van der Waals surface area contributed by atoms with Crippen LogP contribution in [0.1, 0.15) is 11.1 Å². The smallest absolute Gasteiger partial charge is 0.387 e. The summed E-state index contributed by atoms with van der Waals surface area (Å²) in [6.07, 6.45) is 0. The summed E-state index contributed by atoms with van der Waals surface area (Å²) in [5, 5.41) is 11.6. The lowest BCUT2D eigenvalue weighted by Crippen LogP contribution is -2.18. The first-order valence-electron chi connectivity index (χ1n) is 5.10. The van der Waals surface area contributed by atoms with E-state index in [4.69, 9.17) is 5.11 Å². The second-order valence-corrected chi connectivity index (χ2v) is 4.41. The number of benzene rings is 1. The third kappa shape index (κ3) is 4.57. The van der Waals surface area contributed by atoms with Crippen LogP contribution in [-0.4, -0.2) is 24.9 Å². The van der Waals surface area contributed by atoms with Crippen molar-refractivity contribution in [3.05, 3.63) is 27.7 Å². The Morgan fingerprint density at radius 2 is 2.18 bits per heavy atom. The molecule has 0 aliphatic carbocycles. The minimum atomic E-state index is -2.84. The fraction of sp³-hybridized carbons (Fsp3) is 0.455. The van der Waals surface area contributed by atoms with Gasteiger partial charge in [-0.1, -0.05) is 15.9 Å². The lowest BCUT2D eigenvalue weighted by Gasteiger charge is -2.14. The van der Waals surface area contributed by atoms with E-state index >= 15 is 0 Å². The van der Waals surface area contributed by atoms with Crippen LogP contribution in [0.2, 0.25) is 0 Å². The zero-order valence-corrected chi connectivity index (χ0v) is 10.9. The summed E-state index contributed by atoms with van der Waals surface area (Å²) in [4.78, 5) is 0. The van der Waals surface area contributed by atoms with Gasteiger partial charge in [-0.05, 0) is 24.6 Å². The minimum absolute atomic E-state index is 0.00196. The van der Waals surface area contributed by atoms with Crippen LogP contribution in [0.25, 0.3) is 0 Å². The van der Waals surface area contributed by atoms with Crippen LogP contribution in [0, 0.1) is 6.92 Å². The maximum Gasteiger partial charge on any atom is 0.387 e. The van der Waals surface area contributed by atoms with Gasteiger partial charge in [0.25, 0.3) is 0 Å². The van der Waals surface area contributed by atoms with Crippen molar-refractivity contribution in [1.82, 2.24) is 5.32 Å². The van der Waals surface area contributed by atoms with Gasteiger partial charge in [0, 0.05) is 23.1 Å². The number of aliphatic hydroxyl groups is 1. The number of hydrogen-bond donors (Lipinski definition) is 2. The van der Waals surface area contributed by atoms with Crippen LogP contribution in [0.4, 0.5) is 8.78 Å². The third-order valence-corrected chi connectivity index (χ3v) is 2.59. The lowest BCUT2D eigenvalue weighted by molar-refractivity contribution is -0.0509. The number of rotatable bonds is 6. The highest BCUT2D eigenvalue weighted by Gasteiger charge is 2.13. The number of nitrogens with one attached hydrogen (secondary N) is 1. The van der Waals surface area contributed by atoms with Crippen molar-refractivity contribution in [1.29, 1.82) is 0 Å². The van der Waals surface area contributed by atoms with E-state index in [0.717, 1.165) is 4.47 Å². The largest absolute Gasteiger partial charge is 0.434 e. The van der Waals surface area contributed by atoms with E-state index in [-0.39, 0.29) is 12.4 Å². The van der Waals surface area contributed by atoms with Gasteiger partial charge >= 0.3 is 6.61 Å². The second-order valence-electron chi connectivity index (χ2n) is 3.49. The Bertz CT molecular complexity index is 375. The molecule has 0 aliphatic rings. The zero-order chi connectivity index (χ0) is 12.8. The minimum Gasteiger partial charge on any atom is -0.434 e. The van der Waals surface area contributed by atoms with Crippen molar-refractivity contribution >= 4 is 15.9 Å². The normalized spacial score (nSPS) is 10.9. The Balaban J connectivity index is 2.90. The highest BCUT2D eigenvalue weighted by Crippen LogP contribution is 2.29. The summed E-state index contributed by atoms with van der Waals surface area (Å²) in [5.41, 5.74) is 1.27. The van der Waals surface area contributed by atoms with Crippen LogP contribution in [0.5, 0.6) is 5.75 Å². The zero-order valence-electron chi connectivity index (χ0n) is 9.34. The van der Waals surface area contributed by atoms with Crippen molar-refractivity contribution in [3.63, 3.8) is 0 Å². The van der Waals surface area contributed by atoms with Crippen molar-refractivity contribution in [3.8, 4) is 5.75 Å². The third-order valence-electron chi connectivity index (χ3n) is 2.13. The molecule has 96 valence electrons. The summed E-state index contributed by atoms with van der Waals surface area (Å²) in [5.74, 6) is 0.189. The number of aliphatic hydroxyl groups excluding tert-OH is 1. The molecule has 0 spiro atoms. The molecule has 0 aliphatic heterocycles. The topological polar surface area (TPSA) is 41.5 Å². The highest BCUT2D eigenvalue weighted by molar-refractivity contribution is 9.10. The van der Waals surface area contributed by atoms with E-state index in [2.05, 4.69) is 26.0 Å². The standard InChI is InChI=1S/C11H14BrF2NO2/c1-7-4-9(12)5-8(6-15-2-3-16)10(7)17-11(13)14/h4-5,11,15-16H,2-3,6H2,1H3. The molecule has 0 heterocycles. The quantitative estimate of drug-likeness (QED) is 0.793. The highest BCUT2D eigenvalue weighted by atomic mass is 79.9. The molecule has 0 amide bonds. The van der Waals surface area contributed by atoms with Gasteiger partial charge in [-0.2, -0.15) is 8.78 Å².